The van der Waals surface area contributed by atoms with E-state index in [1.807, 2.05) is 24.3 Å². The predicted octanol–water partition coefficient (Wildman–Crippen LogP) is 3.29. The second-order valence-electron chi connectivity index (χ2n) is 5.26. The SMILES string of the molecule is CC(C)(C)c1ccc(Oc2cc(F)nc(N)n2)cc1. The number of benzene rings is 1. The minimum Gasteiger partial charge on any atom is -0.439 e. The van der Waals surface area contributed by atoms with E-state index >= 15 is 0 Å². The number of hydrogen-bond donors (Lipinski definition) is 1. The number of nitrogens with zero attached hydrogens (tertiary/aromatic N) is 2. The van der Waals surface area contributed by atoms with Gasteiger partial charge in [0, 0.05) is 0 Å². The van der Waals surface area contributed by atoms with Crippen LogP contribution in [0.2, 0.25) is 0 Å². The van der Waals surface area contributed by atoms with Crippen molar-refractivity contribution in [3.8, 4) is 11.6 Å². The minimum atomic E-state index is -0.714. The number of anilines is 1. The van der Waals surface area contributed by atoms with Crippen LogP contribution in [0.4, 0.5) is 10.3 Å². The molecule has 0 saturated carbocycles. The third kappa shape index (κ3) is 3.40. The van der Waals surface area contributed by atoms with E-state index in [1.165, 1.54) is 5.56 Å². The Bertz CT molecular complexity index is 556. The van der Waals surface area contributed by atoms with Gasteiger partial charge in [-0.25, -0.2) is 0 Å². The van der Waals surface area contributed by atoms with Gasteiger partial charge >= 0.3 is 0 Å². The number of rotatable bonds is 2. The van der Waals surface area contributed by atoms with Crippen LogP contribution in [0.5, 0.6) is 11.6 Å². The summed E-state index contributed by atoms with van der Waals surface area (Å²) in [6, 6.07) is 8.66. The van der Waals surface area contributed by atoms with Crippen molar-refractivity contribution in [1.29, 1.82) is 0 Å². The van der Waals surface area contributed by atoms with Crippen LogP contribution in [0, 0.1) is 5.95 Å². The van der Waals surface area contributed by atoms with E-state index in [0.29, 0.717) is 5.75 Å². The van der Waals surface area contributed by atoms with Crippen LogP contribution in [-0.4, -0.2) is 9.97 Å². The highest BCUT2D eigenvalue weighted by atomic mass is 19.1. The molecule has 1 aromatic carbocycles. The molecule has 0 aliphatic carbocycles. The van der Waals surface area contributed by atoms with E-state index in [0.717, 1.165) is 6.07 Å². The van der Waals surface area contributed by atoms with E-state index < -0.39 is 5.95 Å². The first-order chi connectivity index (χ1) is 8.84. The summed E-state index contributed by atoms with van der Waals surface area (Å²) in [5, 5.41) is 0. The quantitative estimate of drug-likeness (QED) is 0.843. The topological polar surface area (TPSA) is 61.0 Å². The van der Waals surface area contributed by atoms with Crippen molar-refractivity contribution in [1.82, 2.24) is 9.97 Å². The molecule has 0 aliphatic rings. The number of halogens is 1. The van der Waals surface area contributed by atoms with Gasteiger partial charge in [0.2, 0.25) is 17.8 Å². The average molecular weight is 261 g/mol. The van der Waals surface area contributed by atoms with Crippen molar-refractivity contribution in [2.45, 2.75) is 26.2 Å². The lowest BCUT2D eigenvalue weighted by Crippen LogP contribution is -2.10. The number of nitrogens with two attached hydrogens (primary N) is 1. The fourth-order valence-electron chi connectivity index (χ4n) is 1.61. The van der Waals surface area contributed by atoms with Gasteiger partial charge in [0.05, 0.1) is 6.07 Å². The Morgan fingerprint density at radius 1 is 1.11 bits per heavy atom. The number of nitrogen functional groups attached to an aromatic ring is 1. The van der Waals surface area contributed by atoms with Gasteiger partial charge < -0.3 is 10.5 Å². The van der Waals surface area contributed by atoms with E-state index in [-0.39, 0.29) is 17.2 Å². The highest BCUT2D eigenvalue weighted by molar-refractivity contribution is 5.34. The van der Waals surface area contributed by atoms with Gasteiger partial charge in [0.15, 0.2) is 0 Å². The summed E-state index contributed by atoms with van der Waals surface area (Å²) >= 11 is 0. The van der Waals surface area contributed by atoms with E-state index in [4.69, 9.17) is 10.5 Å². The fraction of sp³-hybridized carbons (Fsp3) is 0.286. The summed E-state index contributed by atoms with van der Waals surface area (Å²) in [6.45, 7) is 6.38. The molecule has 0 atom stereocenters. The summed E-state index contributed by atoms with van der Waals surface area (Å²) in [5.41, 5.74) is 6.61. The molecule has 0 saturated heterocycles. The van der Waals surface area contributed by atoms with Crippen LogP contribution >= 0.6 is 0 Å². The van der Waals surface area contributed by atoms with E-state index in [1.54, 1.807) is 0 Å². The van der Waals surface area contributed by atoms with Crippen LogP contribution in [0.15, 0.2) is 30.3 Å². The second-order valence-corrected chi connectivity index (χ2v) is 5.26. The second kappa shape index (κ2) is 4.84. The molecule has 1 heterocycles. The van der Waals surface area contributed by atoms with Gasteiger partial charge in [-0.15, -0.1) is 0 Å². The molecule has 2 aromatic rings. The zero-order chi connectivity index (χ0) is 14.0. The molecule has 0 radical (unpaired) electrons. The highest BCUT2D eigenvalue weighted by Crippen LogP contribution is 2.26. The van der Waals surface area contributed by atoms with E-state index in [9.17, 15) is 4.39 Å². The smallest absolute Gasteiger partial charge is 0.227 e. The molecule has 1 aromatic heterocycles. The van der Waals surface area contributed by atoms with Gasteiger partial charge in [-0.3, -0.25) is 0 Å². The van der Waals surface area contributed by atoms with Crippen LogP contribution in [0.1, 0.15) is 26.3 Å². The Hall–Kier alpha value is -2.17. The van der Waals surface area contributed by atoms with Crippen LogP contribution < -0.4 is 10.5 Å². The summed E-state index contributed by atoms with van der Waals surface area (Å²) in [6.07, 6.45) is 0. The first-order valence-electron chi connectivity index (χ1n) is 5.93. The maximum Gasteiger partial charge on any atom is 0.227 e. The number of aromatic nitrogens is 2. The van der Waals surface area contributed by atoms with Crippen molar-refractivity contribution in [2.75, 3.05) is 5.73 Å². The van der Waals surface area contributed by atoms with Crippen LogP contribution in [0.3, 0.4) is 0 Å². The third-order valence-electron chi connectivity index (χ3n) is 2.63. The zero-order valence-corrected chi connectivity index (χ0v) is 11.1. The first-order valence-corrected chi connectivity index (χ1v) is 5.93. The third-order valence-corrected chi connectivity index (χ3v) is 2.63. The Balaban J connectivity index is 2.20. The van der Waals surface area contributed by atoms with Crippen molar-refractivity contribution in [3.05, 3.63) is 41.8 Å². The molecular formula is C14H16FN3O. The maximum atomic E-state index is 13.0. The highest BCUT2D eigenvalue weighted by Gasteiger charge is 2.13. The summed E-state index contributed by atoms with van der Waals surface area (Å²) in [4.78, 5) is 7.15. The fourth-order valence-corrected chi connectivity index (χ4v) is 1.61. The monoisotopic (exact) mass is 261 g/mol. The molecule has 0 spiro atoms. The van der Waals surface area contributed by atoms with Gasteiger partial charge in [0.25, 0.3) is 0 Å². The number of hydrogen-bond acceptors (Lipinski definition) is 4. The molecule has 0 aliphatic heterocycles. The van der Waals surface area contributed by atoms with E-state index in [2.05, 4.69) is 30.7 Å². The minimum absolute atomic E-state index is 0.0734. The van der Waals surface area contributed by atoms with Crippen LogP contribution in [0.25, 0.3) is 0 Å². The van der Waals surface area contributed by atoms with Crippen molar-refractivity contribution < 1.29 is 9.13 Å². The molecule has 2 rings (SSSR count). The van der Waals surface area contributed by atoms with Crippen molar-refractivity contribution in [3.63, 3.8) is 0 Å². The maximum absolute atomic E-state index is 13.0. The average Bonchev–Trinajstić information content (AvgIpc) is 2.26. The molecule has 0 unspecified atom stereocenters. The predicted molar refractivity (Wildman–Crippen MR) is 71.6 cm³/mol. The molecule has 0 fully saturated rings. The molecule has 5 heteroatoms. The largest absolute Gasteiger partial charge is 0.439 e. The molecule has 2 N–H and O–H groups in total. The Labute approximate surface area is 111 Å². The Morgan fingerprint density at radius 2 is 1.74 bits per heavy atom. The summed E-state index contributed by atoms with van der Waals surface area (Å²) < 4.78 is 18.5. The van der Waals surface area contributed by atoms with Crippen molar-refractivity contribution >= 4 is 5.95 Å². The molecule has 4 nitrogen and oxygen atoms in total. The van der Waals surface area contributed by atoms with Gasteiger partial charge in [-0.05, 0) is 23.1 Å². The Morgan fingerprint density at radius 3 is 2.26 bits per heavy atom. The first kappa shape index (κ1) is 13.3. The standard InChI is InChI=1S/C14H16FN3O/c1-14(2,3)9-4-6-10(7-5-9)19-12-8-11(15)17-13(16)18-12/h4-8H,1-3H3,(H2,16,17,18). The Kier molecular flexibility index (Phi) is 3.38. The van der Waals surface area contributed by atoms with Gasteiger partial charge in [-0.1, -0.05) is 32.9 Å². The van der Waals surface area contributed by atoms with Crippen LogP contribution in [-0.2, 0) is 5.41 Å². The summed E-state index contributed by atoms with van der Waals surface area (Å²) in [5.74, 6) is -0.200. The van der Waals surface area contributed by atoms with Gasteiger partial charge in [0.1, 0.15) is 5.75 Å². The summed E-state index contributed by atoms with van der Waals surface area (Å²) in [7, 11) is 0. The normalized spacial score (nSPS) is 11.4. The lowest BCUT2D eigenvalue weighted by Gasteiger charge is -2.19. The lowest BCUT2D eigenvalue weighted by molar-refractivity contribution is 0.451. The molecule has 100 valence electrons. The zero-order valence-electron chi connectivity index (χ0n) is 11.1. The number of ether oxygens (including phenoxy) is 1. The molecular weight excluding hydrogens is 245 g/mol. The molecule has 0 amide bonds. The molecule has 19 heavy (non-hydrogen) atoms. The van der Waals surface area contributed by atoms with Crippen molar-refractivity contribution in [2.24, 2.45) is 0 Å². The molecule has 0 bridgehead atoms. The van der Waals surface area contributed by atoms with Gasteiger partial charge in [-0.2, -0.15) is 14.4 Å². The lowest BCUT2D eigenvalue weighted by atomic mass is 9.87.